The number of nitrogens with zero attached hydrogens (tertiary/aromatic N) is 2. The van der Waals surface area contributed by atoms with Crippen LogP contribution in [-0.4, -0.2) is 28.5 Å². The van der Waals surface area contributed by atoms with Gasteiger partial charge in [0, 0.05) is 11.1 Å². The first kappa shape index (κ1) is 18.6. The molecule has 0 unspecified atom stereocenters. The zero-order valence-electron chi connectivity index (χ0n) is 15.2. The molecule has 0 aliphatic carbocycles. The van der Waals surface area contributed by atoms with E-state index in [0.717, 1.165) is 5.56 Å². The Morgan fingerprint density at radius 3 is 2.45 bits per heavy atom. The van der Waals surface area contributed by atoms with Crippen LogP contribution in [0.1, 0.15) is 10.4 Å². The van der Waals surface area contributed by atoms with E-state index < -0.39 is 0 Å². The molecule has 2 heterocycles. The summed E-state index contributed by atoms with van der Waals surface area (Å²) in [5.74, 6) is 0.135. The third-order valence-electron chi connectivity index (χ3n) is 4.04. The van der Waals surface area contributed by atoms with Crippen LogP contribution in [-0.2, 0) is 4.79 Å². The van der Waals surface area contributed by atoms with E-state index in [4.69, 9.17) is 4.52 Å². The number of hydrogen-bond donors (Lipinski definition) is 2. The van der Waals surface area contributed by atoms with Crippen molar-refractivity contribution in [2.75, 3.05) is 11.9 Å². The number of thiophene rings is 1. The predicted molar refractivity (Wildman–Crippen MR) is 110 cm³/mol. The van der Waals surface area contributed by atoms with Gasteiger partial charge < -0.3 is 15.2 Å². The zero-order chi connectivity index (χ0) is 20.1. The summed E-state index contributed by atoms with van der Waals surface area (Å²) in [6.07, 6.45) is 0. The van der Waals surface area contributed by atoms with Gasteiger partial charge >= 0.3 is 0 Å². The number of rotatable bonds is 6. The van der Waals surface area contributed by atoms with Crippen molar-refractivity contribution >= 4 is 28.8 Å². The summed E-state index contributed by atoms with van der Waals surface area (Å²) >= 11 is 1.38. The Bertz CT molecular complexity index is 1120. The SMILES string of the molecule is O=C(CNC(=O)c1ccccc1)Nc1ccsc1-c1nc(-c2ccccc2)no1. The molecule has 144 valence electrons. The second-order valence-electron chi connectivity index (χ2n) is 6.05. The molecule has 7 nitrogen and oxygen atoms in total. The van der Waals surface area contributed by atoms with Gasteiger partial charge in [0.25, 0.3) is 11.8 Å². The van der Waals surface area contributed by atoms with Gasteiger partial charge in [-0.2, -0.15) is 4.98 Å². The van der Waals surface area contributed by atoms with Crippen molar-refractivity contribution in [1.82, 2.24) is 15.5 Å². The summed E-state index contributed by atoms with van der Waals surface area (Å²) in [4.78, 5) is 29.4. The van der Waals surface area contributed by atoms with E-state index in [1.54, 1.807) is 30.3 Å². The molecule has 2 amide bonds. The topological polar surface area (TPSA) is 97.1 Å². The standard InChI is InChI=1S/C21H16N4O3S/c26-17(13-22-20(27)15-9-5-2-6-10-15)23-16-11-12-29-18(16)21-24-19(25-28-21)14-7-3-1-4-8-14/h1-12H,13H2,(H,22,27)(H,23,26). The van der Waals surface area contributed by atoms with Crippen LogP contribution in [0.15, 0.2) is 76.6 Å². The molecule has 0 aliphatic rings. The van der Waals surface area contributed by atoms with Crippen molar-refractivity contribution in [1.29, 1.82) is 0 Å². The first-order valence-electron chi connectivity index (χ1n) is 8.81. The number of anilines is 1. The summed E-state index contributed by atoms with van der Waals surface area (Å²) in [5, 5.41) is 11.2. The molecular formula is C21H16N4O3S. The minimum atomic E-state index is -0.350. The Kier molecular flexibility index (Phi) is 5.44. The van der Waals surface area contributed by atoms with Crippen LogP contribution in [0.2, 0.25) is 0 Å². The number of aromatic nitrogens is 2. The normalized spacial score (nSPS) is 10.5. The van der Waals surface area contributed by atoms with Crippen LogP contribution in [0, 0.1) is 0 Å². The molecule has 0 saturated heterocycles. The lowest BCUT2D eigenvalue weighted by atomic mass is 10.2. The van der Waals surface area contributed by atoms with Gasteiger partial charge in [0.05, 0.1) is 12.2 Å². The van der Waals surface area contributed by atoms with E-state index in [1.165, 1.54) is 11.3 Å². The second-order valence-corrected chi connectivity index (χ2v) is 6.97. The maximum absolute atomic E-state index is 12.3. The van der Waals surface area contributed by atoms with Crippen molar-refractivity contribution in [3.8, 4) is 22.2 Å². The van der Waals surface area contributed by atoms with Crippen LogP contribution in [0.25, 0.3) is 22.2 Å². The highest BCUT2D eigenvalue weighted by atomic mass is 32.1. The smallest absolute Gasteiger partial charge is 0.270 e. The fourth-order valence-electron chi connectivity index (χ4n) is 2.64. The van der Waals surface area contributed by atoms with Gasteiger partial charge in [0.15, 0.2) is 0 Å². The van der Waals surface area contributed by atoms with Crippen molar-refractivity contribution in [3.05, 3.63) is 77.7 Å². The molecule has 2 aromatic carbocycles. The van der Waals surface area contributed by atoms with Crippen LogP contribution in [0.5, 0.6) is 0 Å². The Morgan fingerprint density at radius 1 is 0.966 bits per heavy atom. The Balaban J connectivity index is 1.41. The number of nitrogens with one attached hydrogen (secondary N) is 2. The molecule has 2 aromatic heterocycles. The molecule has 0 spiro atoms. The number of hydrogen-bond acceptors (Lipinski definition) is 6. The zero-order valence-corrected chi connectivity index (χ0v) is 16.0. The highest BCUT2D eigenvalue weighted by Gasteiger charge is 2.17. The Labute approximate surface area is 170 Å². The van der Waals surface area contributed by atoms with Gasteiger partial charge in [-0.1, -0.05) is 53.7 Å². The van der Waals surface area contributed by atoms with E-state index in [0.29, 0.717) is 27.8 Å². The fourth-order valence-corrected chi connectivity index (χ4v) is 3.41. The minimum Gasteiger partial charge on any atom is -0.343 e. The van der Waals surface area contributed by atoms with Gasteiger partial charge in [-0.3, -0.25) is 9.59 Å². The van der Waals surface area contributed by atoms with Crippen LogP contribution < -0.4 is 10.6 Å². The van der Waals surface area contributed by atoms with Crippen molar-refractivity contribution in [2.24, 2.45) is 0 Å². The third-order valence-corrected chi connectivity index (χ3v) is 4.94. The third kappa shape index (κ3) is 4.39. The van der Waals surface area contributed by atoms with Gasteiger partial charge in [-0.05, 0) is 23.6 Å². The Morgan fingerprint density at radius 2 is 1.69 bits per heavy atom. The molecule has 2 N–H and O–H groups in total. The lowest BCUT2D eigenvalue weighted by Gasteiger charge is -2.06. The lowest BCUT2D eigenvalue weighted by Crippen LogP contribution is -2.32. The maximum atomic E-state index is 12.3. The highest BCUT2D eigenvalue weighted by molar-refractivity contribution is 7.14. The van der Waals surface area contributed by atoms with Gasteiger partial charge in [0.1, 0.15) is 4.88 Å². The molecule has 0 atom stereocenters. The van der Waals surface area contributed by atoms with Crippen LogP contribution in [0.4, 0.5) is 5.69 Å². The molecule has 4 aromatic rings. The van der Waals surface area contributed by atoms with E-state index in [-0.39, 0.29) is 18.4 Å². The maximum Gasteiger partial charge on any atom is 0.270 e. The quantitative estimate of drug-likeness (QED) is 0.509. The molecule has 0 bridgehead atoms. The fraction of sp³-hybridized carbons (Fsp3) is 0.0476. The molecule has 0 saturated carbocycles. The first-order valence-corrected chi connectivity index (χ1v) is 9.69. The molecule has 29 heavy (non-hydrogen) atoms. The largest absolute Gasteiger partial charge is 0.343 e. The summed E-state index contributed by atoms with van der Waals surface area (Å²) in [6, 6.07) is 20.0. The highest BCUT2D eigenvalue weighted by Crippen LogP contribution is 2.33. The van der Waals surface area contributed by atoms with Crippen molar-refractivity contribution in [2.45, 2.75) is 0 Å². The number of carbonyl (C=O) groups is 2. The molecule has 0 aliphatic heterocycles. The van der Waals surface area contributed by atoms with Crippen molar-refractivity contribution < 1.29 is 14.1 Å². The predicted octanol–water partition coefficient (Wildman–Crippen LogP) is 3.83. The van der Waals surface area contributed by atoms with E-state index in [2.05, 4.69) is 20.8 Å². The molecule has 0 fully saturated rings. The van der Waals surface area contributed by atoms with Crippen LogP contribution >= 0.6 is 11.3 Å². The van der Waals surface area contributed by atoms with E-state index in [9.17, 15) is 9.59 Å². The molecule has 8 heteroatoms. The average Bonchev–Trinajstić information content (AvgIpc) is 3.43. The molecule has 4 rings (SSSR count). The number of amides is 2. The number of carbonyl (C=O) groups excluding carboxylic acids is 2. The van der Waals surface area contributed by atoms with Gasteiger partial charge in [-0.15, -0.1) is 11.3 Å². The first-order chi connectivity index (χ1) is 14.2. The lowest BCUT2D eigenvalue weighted by molar-refractivity contribution is -0.115. The summed E-state index contributed by atoms with van der Waals surface area (Å²) in [7, 11) is 0. The number of benzene rings is 2. The van der Waals surface area contributed by atoms with Gasteiger partial charge in [-0.25, -0.2) is 0 Å². The molecule has 0 radical (unpaired) electrons. The monoisotopic (exact) mass is 404 g/mol. The van der Waals surface area contributed by atoms with E-state index >= 15 is 0 Å². The van der Waals surface area contributed by atoms with Gasteiger partial charge in [0.2, 0.25) is 11.7 Å². The molecular weight excluding hydrogens is 388 g/mol. The van der Waals surface area contributed by atoms with Crippen molar-refractivity contribution in [3.63, 3.8) is 0 Å². The van der Waals surface area contributed by atoms with E-state index in [1.807, 2.05) is 41.8 Å². The Hall–Kier alpha value is -3.78. The summed E-state index contributed by atoms with van der Waals surface area (Å²) in [5.41, 5.74) is 1.89. The summed E-state index contributed by atoms with van der Waals surface area (Å²) < 4.78 is 5.37. The summed E-state index contributed by atoms with van der Waals surface area (Å²) in [6.45, 7) is -0.151. The van der Waals surface area contributed by atoms with Crippen LogP contribution in [0.3, 0.4) is 0 Å². The average molecular weight is 404 g/mol. The minimum absolute atomic E-state index is 0.151. The second kappa shape index (κ2) is 8.49.